The molecule has 3 rings (SSSR count). The van der Waals surface area contributed by atoms with Crippen molar-refractivity contribution in [3.8, 4) is 0 Å². The molecule has 0 spiro atoms. The van der Waals surface area contributed by atoms with Gasteiger partial charge in [-0.05, 0) is 24.6 Å². The van der Waals surface area contributed by atoms with Crippen molar-refractivity contribution in [1.29, 1.82) is 0 Å². The molecule has 9 nitrogen and oxygen atoms in total. The second kappa shape index (κ2) is 10.2. The number of piperidine rings is 1. The van der Waals surface area contributed by atoms with Crippen molar-refractivity contribution in [3.05, 3.63) is 29.6 Å². The minimum Gasteiger partial charge on any atom is -0.475 e. The van der Waals surface area contributed by atoms with Crippen LogP contribution in [0.25, 0.3) is 0 Å². The highest BCUT2D eigenvalue weighted by atomic mass is 19.4. The topological polar surface area (TPSA) is 128 Å². The molecule has 1 atom stereocenters. The normalized spacial score (nSPS) is 19.1. The fourth-order valence-electron chi connectivity index (χ4n) is 2.88. The van der Waals surface area contributed by atoms with Crippen LogP contribution in [0.3, 0.4) is 0 Å². The number of carboxylic acids is 1. The molecule has 1 aromatic rings. The fraction of sp³-hybridized carbons (Fsp3) is 0.444. The predicted octanol–water partition coefficient (Wildman–Crippen LogP) is 0.404. The van der Waals surface area contributed by atoms with E-state index >= 15 is 0 Å². The van der Waals surface area contributed by atoms with Crippen molar-refractivity contribution in [2.75, 3.05) is 31.1 Å². The Bertz CT molecular complexity index is 856. The standard InChI is InChI=1S/C16H19FN4O3.C2HF3O2/c17-12-9-10(21-7-5-18-6-8-21)1-2-11(12)15(23)19-13-3-4-14(22)20-16(13)24;3-2(4,5)1(6)7/h1-2,9,13,18H,3-8H2,(H,19,23)(H,20,22,24);(H,6,7). The maximum atomic E-state index is 14.3. The van der Waals surface area contributed by atoms with Crippen molar-refractivity contribution in [2.45, 2.75) is 25.1 Å². The second-order valence-corrected chi connectivity index (χ2v) is 6.68. The predicted molar refractivity (Wildman–Crippen MR) is 98.8 cm³/mol. The minimum absolute atomic E-state index is 0.112. The van der Waals surface area contributed by atoms with E-state index in [1.807, 2.05) is 4.90 Å². The Labute approximate surface area is 173 Å². The van der Waals surface area contributed by atoms with Gasteiger partial charge in [0.1, 0.15) is 11.9 Å². The molecule has 0 aliphatic carbocycles. The van der Waals surface area contributed by atoms with Gasteiger partial charge in [0.15, 0.2) is 0 Å². The first-order valence-electron chi connectivity index (χ1n) is 9.19. The highest BCUT2D eigenvalue weighted by Gasteiger charge is 2.38. The fourth-order valence-corrected chi connectivity index (χ4v) is 2.88. The van der Waals surface area contributed by atoms with Crippen LogP contribution in [0.1, 0.15) is 23.2 Å². The van der Waals surface area contributed by atoms with Gasteiger partial charge in [-0.3, -0.25) is 19.7 Å². The Morgan fingerprint density at radius 3 is 2.29 bits per heavy atom. The van der Waals surface area contributed by atoms with E-state index in [1.165, 1.54) is 12.1 Å². The van der Waals surface area contributed by atoms with Crippen LogP contribution >= 0.6 is 0 Å². The van der Waals surface area contributed by atoms with Crippen LogP contribution in [-0.2, 0) is 14.4 Å². The molecule has 2 heterocycles. The molecule has 170 valence electrons. The number of imide groups is 1. The van der Waals surface area contributed by atoms with Crippen LogP contribution in [-0.4, -0.2) is 67.2 Å². The van der Waals surface area contributed by atoms with Crippen LogP contribution in [0.15, 0.2) is 18.2 Å². The summed E-state index contributed by atoms with van der Waals surface area (Å²) in [6.07, 6.45) is -4.71. The third-order valence-corrected chi connectivity index (χ3v) is 4.47. The van der Waals surface area contributed by atoms with E-state index < -0.39 is 35.8 Å². The number of hydrogen-bond acceptors (Lipinski definition) is 6. The van der Waals surface area contributed by atoms with E-state index in [2.05, 4.69) is 16.0 Å². The minimum atomic E-state index is -5.08. The van der Waals surface area contributed by atoms with Gasteiger partial charge in [-0.1, -0.05) is 0 Å². The van der Waals surface area contributed by atoms with Crippen molar-refractivity contribution in [2.24, 2.45) is 0 Å². The van der Waals surface area contributed by atoms with Crippen LogP contribution in [0.5, 0.6) is 0 Å². The molecule has 31 heavy (non-hydrogen) atoms. The number of carbonyl (C=O) groups is 4. The van der Waals surface area contributed by atoms with E-state index in [4.69, 9.17) is 9.90 Å². The molecule has 13 heteroatoms. The van der Waals surface area contributed by atoms with Gasteiger partial charge in [0.05, 0.1) is 5.56 Å². The van der Waals surface area contributed by atoms with Crippen LogP contribution < -0.4 is 20.9 Å². The smallest absolute Gasteiger partial charge is 0.475 e. The molecule has 2 aliphatic rings. The maximum Gasteiger partial charge on any atom is 0.490 e. The Hall–Kier alpha value is -3.22. The highest BCUT2D eigenvalue weighted by Crippen LogP contribution is 2.20. The molecule has 4 N–H and O–H groups in total. The zero-order valence-electron chi connectivity index (χ0n) is 16.1. The molecule has 1 unspecified atom stereocenters. The molecule has 0 aromatic heterocycles. The van der Waals surface area contributed by atoms with Crippen LogP contribution in [0, 0.1) is 5.82 Å². The van der Waals surface area contributed by atoms with Gasteiger partial charge in [-0.25, -0.2) is 9.18 Å². The first-order chi connectivity index (χ1) is 14.5. The molecule has 0 radical (unpaired) electrons. The molecular weight excluding hydrogens is 428 g/mol. The summed E-state index contributed by atoms with van der Waals surface area (Å²) in [5.74, 6) is -4.97. The number of benzene rings is 1. The van der Waals surface area contributed by atoms with Crippen LogP contribution in [0.4, 0.5) is 23.2 Å². The van der Waals surface area contributed by atoms with Crippen molar-refractivity contribution in [1.82, 2.24) is 16.0 Å². The zero-order valence-corrected chi connectivity index (χ0v) is 16.1. The molecular formula is C18H20F4N4O5. The van der Waals surface area contributed by atoms with Gasteiger partial charge in [0.25, 0.3) is 5.91 Å². The van der Waals surface area contributed by atoms with Crippen LogP contribution in [0.2, 0.25) is 0 Å². The van der Waals surface area contributed by atoms with E-state index in [1.54, 1.807) is 6.07 Å². The molecule has 0 saturated carbocycles. The number of carboxylic acid groups (broad SMARTS) is 1. The quantitative estimate of drug-likeness (QED) is 0.389. The number of halogens is 4. The van der Waals surface area contributed by atoms with Gasteiger partial charge >= 0.3 is 12.1 Å². The number of amides is 3. The summed E-state index contributed by atoms with van der Waals surface area (Å²) in [4.78, 5) is 45.9. The number of carbonyl (C=O) groups excluding carboxylic acids is 3. The van der Waals surface area contributed by atoms with Gasteiger partial charge in [-0.15, -0.1) is 0 Å². The number of nitrogens with zero attached hydrogens (tertiary/aromatic N) is 1. The lowest BCUT2D eigenvalue weighted by Gasteiger charge is -2.29. The van der Waals surface area contributed by atoms with Gasteiger partial charge in [0, 0.05) is 38.3 Å². The first-order valence-corrected chi connectivity index (χ1v) is 9.19. The lowest BCUT2D eigenvalue weighted by atomic mass is 10.1. The first kappa shape index (κ1) is 24.1. The number of nitrogens with one attached hydrogen (secondary N) is 3. The summed E-state index contributed by atoms with van der Waals surface area (Å²) < 4.78 is 46.0. The number of aliphatic carboxylic acids is 1. The SMILES string of the molecule is O=C(O)C(F)(F)F.O=C1CCC(NC(=O)c2ccc(N3CCNCC3)cc2F)C(=O)N1. The summed E-state index contributed by atoms with van der Waals surface area (Å²) in [5.41, 5.74) is 0.616. The summed E-state index contributed by atoms with van der Waals surface area (Å²) in [5, 5.41) is 15.0. The summed E-state index contributed by atoms with van der Waals surface area (Å²) in [6, 6.07) is 3.65. The largest absolute Gasteiger partial charge is 0.490 e. The molecule has 3 amide bonds. The monoisotopic (exact) mass is 448 g/mol. The lowest BCUT2D eigenvalue weighted by Crippen LogP contribution is -2.52. The van der Waals surface area contributed by atoms with Crippen molar-refractivity contribution in [3.63, 3.8) is 0 Å². The summed E-state index contributed by atoms with van der Waals surface area (Å²) >= 11 is 0. The highest BCUT2D eigenvalue weighted by molar-refractivity contribution is 6.03. The Kier molecular flexibility index (Phi) is 7.91. The van der Waals surface area contributed by atoms with E-state index in [0.29, 0.717) is 0 Å². The van der Waals surface area contributed by atoms with E-state index in [9.17, 15) is 31.9 Å². The van der Waals surface area contributed by atoms with Crippen molar-refractivity contribution >= 4 is 29.4 Å². The number of anilines is 1. The molecule has 2 aliphatic heterocycles. The van der Waals surface area contributed by atoms with E-state index in [0.717, 1.165) is 31.9 Å². The number of hydrogen-bond donors (Lipinski definition) is 4. The average molecular weight is 448 g/mol. The van der Waals surface area contributed by atoms with Gasteiger partial charge in [0.2, 0.25) is 11.8 Å². The Morgan fingerprint density at radius 2 is 1.77 bits per heavy atom. The molecule has 2 saturated heterocycles. The number of rotatable bonds is 3. The average Bonchev–Trinajstić information content (AvgIpc) is 2.70. The van der Waals surface area contributed by atoms with Gasteiger partial charge in [-0.2, -0.15) is 13.2 Å². The Morgan fingerprint density at radius 1 is 1.16 bits per heavy atom. The number of alkyl halides is 3. The number of piperazine rings is 1. The Balaban J connectivity index is 0.000000423. The maximum absolute atomic E-state index is 14.3. The molecule has 0 bridgehead atoms. The summed E-state index contributed by atoms with van der Waals surface area (Å²) in [6.45, 7) is 3.22. The third kappa shape index (κ3) is 6.91. The van der Waals surface area contributed by atoms with Crippen molar-refractivity contribution < 1.29 is 41.8 Å². The van der Waals surface area contributed by atoms with E-state index in [-0.39, 0.29) is 24.3 Å². The third-order valence-electron chi connectivity index (χ3n) is 4.47. The van der Waals surface area contributed by atoms with Gasteiger partial charge < -0.3 is 20.6 Å². The lowest BCUT2D eigenvalue weighted by molar-refractivity contribution is -0.192. The molecule has 2 fully saturated rings. The molecule has 1 aromatic carbocycles. The zero-order chi connectivity index (χ0) is 23.2. The summed E-state index contributed by atoms with van der Waals surface area (Å²) in [7, 11) is 0. The second-order valence-electron chi connectivity index (χ2n) is 6.68.